The number of aromatic nitrogens is 4. The van der Waals surface area contributed by atoms with E-state index in [4.69, 9.17) is 0 Å². The van der Waals surface area contributed by atoms with Crippen LogP contribution in [0.5, 0.6) is 0 Å². The van der Waals surface area contributed by atoms with Gasteiger partial charge in [-0.2, -0.15) is 0 Å². The summed E-state index contributed by atoms with van der Waals surface area (Å²) in [6.45, 7) is 2.87. The lowest BCUT2D eigenvalue weighted by molar-refractivity contribution is 0.102. The van der Waals surface area contributed by atoms with E-state index < -0.39 is 0 Å². The van der Waals surface area contributed by atoms with E-state index in [2.05, 4.69) is 27.2 Å². The summed E-state index contributed by atoms with van der Waals surface area (Å²) in [7, 11) is 0. The van der Waals surface area contributed by atoms with Crippen molar-refractivity contribution in [3.8, 4) is 0 Å². The van der Waals surface area contributed by atoms with Gasteiger partial charge in [0, 0.05) is 18.9 Å². The number of carbonyl (C=O) groups excluding carboxylic acids is 1. The van der Waals surface area contributed by atoms with Crippen LogP contribution in [-0.4, -0.2) is 25.4 Å². The van der Waals surface area contributed by atoms with Crippen molar-refractivity contribution in [1.82, 2.24) is 19.5 Å². The second-order valence-electron chi connectivity index (χ2n) is 4.62. The number of hydrogen-bond donors (Lipinski definition) is 1. The molecule has 0 aliphatic heterocycles. The Morgan fingerprint density at radius 3 is 2.90 bits per heavy atom. The summed E-state index contributed by atoms with van der Waals surface area (Å²) in [5, 5.41) is 2.81. The number of hydrogen-bond acceptors (Lipinski definition) is 4. The van der Waals surface area contributed by atoms with Crippen molar-refractivity contribution >= 4 is 22.9 Å². The molecule has 0 aliphatic rings. The molecule has 2 heterocycles. The minimum atomic E-state index is -0.309. The minimum Gasteiger partial charge on any atom is -0.310 e. The molecule has 2 aromatic heterocycles. The van der Waals surface area contributed by atoms with E-state index in [9.17, 15) is 4.79 Å². The molecule has 0 spiro atoms. The Morgan fingerprint density at radius 1 is 1.29 bits per heavy atom. The molecular weight excluding hydrogens is 266 g/mol. The summed E-state index contributed by atoms with van der Waals surface area (Å²) in [5.41, 5.74) is 2.14. The highest BCUT2D eigenvalue weighted by molar-refractivity contribution is 6.02. The van der Waals surface area contributed by atoms with E-state index >= 15 is 0 Å². The van der Waals surface area contributed by atoms with E-state index in [1.807, 2.05) is 28.8 Å². The zero-order chi connectivity index (χ0) is 14.7. The summed E-state index contributed by atoms with van der Waals surface area (Å²) < 4.78 is 2.00. The first-order valence-electron chi connectivity index (χ1n) is 6.82. The molecule has 0 saturated heterocycles. The normalized spacial score (nSPS) is 10.7. The number of para-hydroxylation sites is 2. The van der Waals surface area contributed by atoms with E-state index in [-0.39, 0.29) is 11.6 Å². The molecule has 106 valence electrons. The SMILES string of the molecule is CCCn1c(NC(=O)c2cnccn2)nc2ccccc21. The van der Waals surface area contributed by atoms with Crippen molar-refractivity contribution in [2.24, 2.45) is 0 Å². The van der Waals surface area contributed by atoms with Crippen molar-refractivity contribution < 1.29 is 4.79 Å². The van der Waals surface area contributed by atoms with Gasteiger partial charge in [0.15, 0.2) is 0 Å². The number of amides is 1. The van der Waals surface area contributed by atoms with Gasteiger partial charge in [0.1, 0.15) is 5.69 Å². The molecule has 1 aromatic carbocycles. The van der Waals surface area contributed by atoms with Crippen molar-refractivity contribution in [1.29, 1.82) is 0 Å². The highest BCUT2D eigenvalue weighted by Gasteiger charge is 2.14. The van der Waals surface area contributed by atoms with Crippen LogP contribution in [0.3, 0.4) is 0 Å². The second-order valence-corrected chi connectivity index (χ2v) is 4.62. The molecule has 0 unspecified atom stereocenters. The van der Waals surface area contributed by atoms with Crippen LogP contribution < -0.4 is 5.32 Å². The van der Waals surface area contributed by atoms with Crippen LogP contribution in [0.1, 0.15) is 23.8 Å². The highest BCUT2D eigenvalue weighted by Crippen LogP contribution is 2.20. The van der Waals surface area contributed by atoms with Crippen molar-refractivity contribution in [3.63, 3.8) is 0 Å². The topological polar surface area (TPSA) is 72.7 Å². The van der Waals surface area contributed by atoms with Gasteiger partial charge in [0.2, 0.25) is 5.95 Å². The number of benzene rings is 1. The van der Waals surface area contributed by atoms with Crippen molar-refractivity contribution in [2.75, 3.05) is 5.32 Å². The summed E-state index contributed by atoms with van der Waals surface area (Å²) in [6, 6.07) is 7.82. The average Bonchev–Trinajstić information content (AvgIpc) is 2.86. The lowest BCUT2D eigenvalue weighted by Gasteiger charge is -2.08. The largest absolute Gasteiger partial charge is 0.310 e. The number of fused-ring (bicyclic) bond motifs is 1. The number of nitrogens with one attached hydrogen (secondary N) is 1. The minimum absolute atomic E-state index is 0.271. The second kappa shape index (κ2) is 5.70. The number of rotatable bonds is 4. The maximum Gasteiger partial charge on any atom is 0.278 e. The summed E-state index contributed by atoms with van der Waals surface area (Å²) in [4.78, 5) is 24.6. The molecule has 0 saturated carbocycles. The van der Waals surface area contributed by atoms with E-state index in [0.29, 0.717) is 5.95 Å². The molecule has 1 N–H and O–H groups in total. The Morgan fingerprint density at radius 2 is 2.14 bits per heavy atom. The quantitative estimate of drug-likeness (QED) is 0.797. The van der Waals surface area contributed by atoms with Crippen LogP contribution >= 0.6 is 0 Å². The van der Waals surface area contributed by atoms with Crippen LogP contribution in [0.2, 0.25) is 0 Å². The molecule has 3 aromatic rings. The summed E-state index contributed by atoms with van der Waals surface area (Å²) in [6.07, 6.45) is 5.41. The number of anilines is 1. The van der Waals surface area contributed by atoms with Crippen LogP contribution in [-0.2, 0) is 6.54 Å². The third-order valence-electron chi connectivity index (χ3n) is 3.12. The van der Waals surface area contributed by atoms with Gasteiger partial charge in [-0.15, -0.1) is 0 Å². The molecule has 0 radical (unpaired) electrons. The first kappa shape index (κ1) is 13.2. The zero-order valence-corrected chi connectivity index (χ0v) is 11.7. The van der Waals surface area contributed by atoms with Gasteiger partial charge in [0.05, 0.1) is 17.2 Å². The standard InChI is InChI=1S/C15H15N5O/c1-2-9-20-13-6-4-3-5-11(13)18-15(20)19-14(21)12-10-16-7-8-17-12/h3-8,10H,2,9H2,1H3,(H,18,19,21). The molecule has 21 heavy (non-hydrogen) atoms. The van der Waals surface area contributed by atoms with Crippen LogP contribution in [0.25, 0.3) is 11.0 Å². The van der Waals surface area contributed by atoms with Crippen LogP contribution in [0, 0.1) is 0 Å². The van der Waals surface area contributed by atoms with Crippen molar-refractivity contribution in [3.05, 3.63) is 48.5 Å². The maximum absolute atomic E-state index is 12.2. The molecule has 0 fully saturated rings. The first-order chi connectivity index (χ1) is 10.3. The molecule has 1 amide bonds. The van der Waals surface area contributed by atoms with E-state index in [0.717, 1.165) is 24.0 Å². The third-order valence-corrected chi connectivity index (χ3v) is 3.12. The fraction of sp³-hybridized carbons (Fsp3) is 0.200. The first-order valence-corrected chi connectivity index (χ1v) is 6.82. The number of imidazole rings is 1. The predicted octanol–water partition coefficient (Wildman–Crippen LogP) is 2.49. The summed E-state index contributed by atoms with van der Waals surface area (Å²) >= 11 is 0. The smallest absolute Gasteiger partial charge is 0.278 e. The Kier molecular flexibility index (Phi) is 3.59. The van der Waals surface area contributed by atoms with Gasteiger partial charge in [-0.25, -0.2) is 9.97 Å². The monoisotopic (exact) mass is 281 g/mol. The fourth-order valence-corrected chi connectivity index (χ4v) is 2.20. The van der Waals surface area contributed by atoms with Crippen LogP contribution in [0.15, 0.2) is 42.9 Å². The Hall–Kier alpha value is -2.76. The van der Waals surface area contributed by atoms with Gasteiger partial charge in [0.25, 0.3) is 5.91 Å². The van der Waals surface area contributed by atoms with Gasteiger partial charge in [-0.1, -0.05) is 19.1 Å². The van der Waals surface area contributed by atoms with E-state index in [1.165, 1.54) is 18.6 Å². The van der Waals surface area contributed by atoms with E-state index in [1.54, 1.807) is 0 Å². The summed E-state index contributed by atoms with van der Waals surface area (Å²) in [5.74, 6) is 0.226. The fourth-order valence-electron chi connectivity index (χ4n) is 2.20. The third kappa shape index (κ3) is 2.60. The zero-order valence-electron chi connectivity index (χ0n) is 11.7. The Bertz CT molecular complexity index is 766. The number of aryl methyl sites for hydroxylation is 1. The van der Waals surface area contributed by atoms with Gasteiger partial charge < -0.3 is 4.57 Å². The van der Waals surface area contributed by atoms with Gasteiger partial charge in [-0.3, -0.25) is 15.1 Å². The molecular formula is C15H15N5O. The highest BCUT2D eigenvalue weighted by atomic mass is 16.2. The van der Waals surface area contributed by atoms with Gasteiger partial charge in [-0.05, 0) is 18.6 Å². The number of nitrogens with zero attached hydrogens (tertiary/aromatic N) is 4. The van der Waals surface area contributed by atoms with Crippen LogP contribution in [0.4, 0.5) is 5.95 Å². The Labute approximate surface area is 121 Å². The lowest BCUT2D eigenvalue weighted by atomic mass is 10.3. The van der Waals surface area contributed by atoms with Gasteiger partial charge >= 0.3 is 0 Å². The molecule has 3 rings (SSSR count). The molecule has 6 heteroatoms. The Balaban J connectivity index is 1.96. The average molecular weight is 281 g/mol. The molecule has 0 atom stereocenters. The molecule has 6 nitrogen and oxygen atoms in total. The molecule has 0 bridgehead atoms. The van der Waals surface area contributed by atoms with Crippen molar-refractivity contribution in [2.45, 2.75) is 19.9 Å². The number of carbonyl (C=O) groups is 1. The predicted molar refractivity (Wildman–Crippen MR) is 80.0 cm³/mol. The maximum atomic E-state index is 12.2. The lowest BCUT2D eigenvalue weighted by Crippen LogP contribution is -2.17. The molecule has 0 aliphatic carbocycles.